The Hall–Kier alpha value is -2.87. The van der Waals surface area contributed by atoms with E-state index in [0.29, 0.717) is 41.8 Å². The first-order valence-electron chi connectivity index (χ1n) is 16.2. The molecule has 0 N–H and O–H groups in total. The maximum atomic E-state index is 13.9. The molecule has 47 heavy (non-hydrogen) atoms. The zero-order valence-electron chi connectivity index (χ0n) is 28.3. The van der Waals surface area contributed by atoms with Gasteiger partial charge >= 0.3 is 5.97 Å². The molecule has 250 valence electrons. The molecule has 5 rings (SSSR count). The van der Waals surface area contributed by atoms with Gasteiger partial charge in [-0.05, 0) is 91.5 Å². The van der Waals surface area contributed by atoms with Gasteiger partial charge in [-0.3, -0.25) is 9.36 Å². The van der Waals surface area contributed by atoms with Crippen LogP contribution >= 0.6 is 33.9 Å². The molecule has 0 unspecified atom stereocenters. The third-order valence-electron chi connectivity index (χ3n) is 7.97. The number of halogens is 1. The monoisotopic (exact) mass is 784 g/mol. The molecular formula is C36H45IN4O4SSi. The number of aryl methyl sites for hydroxylation is 1. The average molecular weight is 785 g/mol. The normalized spacial score (nSPS) is 14.0. The standard InChI is InChI=1S/C36H45IN4O4SSi/c1-36(2,3)45-34(43)32-26(12-10-19-37)16-17-31(38-32)40-20-18-25-11-9-13-27(28(25)23-40)33(42)39-35-41(24-44-21-22-47(4,5)6)29-14-7-8-15-30(29)46-35/h7-9,11,13-17H,10,12,18-24H2,1-6H3/b39-35-. The van der Waals surface area contributed by atoms with E-state index in [2.05, 4.69) is 64.3 Å². The number of esters is 1. The highest BCUT2D eigenvalue weighted by Crippen LogP contribution is 2.28. The molecule has 0 radical (unpaired) electrons. The van der Waals surface area contributed by atoms with Crippen LogP contribution in [0.25, 0.3) is 10.2 Å². The second kappa shape index (κ2) is 15.1. The predicted octanol–water partition coefficient (Wildman–Crippen LogP) is 8.04. The molecule has 4 aromatic rings. The Bertz CT molecular complexity index is 1820. The highest BCUT2D eigenvalue weighted by molar-refractivity contribution is 14.1. The second-order valence-corrected chi connectivity index (χ2v) is 21.8. The van der Waals surface area contributed by atoms with E-state index in [9.17, 15) is 9.59 Å². The number of anilines is 1. The van der Waals surface area contributed by atoms with Crippen molar-refractivity contribution in [1.82, 2.24) is 9.55 Å². The lowest BCUT2D eigenvalue weighted by Crippen LogP contribution is -2.33. The van der Waals surface area contributed by atoms with Crippen molar-refractivity contribution < 1.29 is 19.1 Å². The number of carbonyl (C=O) groups excluding carboxylic acids is 2. The fourth-order valence-electron chi connectivity index (χ4n) is 5.50. The maximum absolute atomic E-state index is 13.9. The molecule has 1 amide bonds. The molecule has 0 saturated carbocycles. The summed E-state index contributed by atoms with van der Waals surface area (Å²) < 4.78 is 15.9. The van der Waals surface area contributed by atoms with Gasteiger partial charge in [-0.1, -0.05) is 83.9 Å². The molecule has 0 fully saturated rings. The van der Waals surface area contributed by atoms with Gasteiger partial charge in [0.15, 0.2) is 10.5 Å². The third kappa shape index (κ3) is 9.18. The molecule has 2 aromatic heterocycles. The van der Waals surface area contributed by atoms with Crippen molar-refractivity contribution in [3.8, 4) is 0 Å². The van der Waals surface area contributed by atoms with E-state index in [-0.39, 0.29) is 5.91 Å². The summed E-state index contributed by atoms with van der Waals surface area (Å²) in [7, 11) is -1.23. The number of alkyl halides is 1. The van der Waals surface area contributed by atoms with Crippen molar-refractivity contribution in [2.24, 2.45) is 4.99 Å². The molecular weight excluding hydrogens is 739 g/mol. The van der Waals surface area contributed by atoms with Gasteiger partial charge in [-0.15, -0.1) is 0 Å². The Morgan fingerprint density at radius 3 is 2.60 bits per heavy atom. The summed E-state index contributed by atoms with van der Waals surface area (Å²) in [5, 5.41) is 0. The summed E-state index contributed by atoms with van der Waals surface area (Å²) in [4.78, 5) is 39.5. The topological polar surface area (TPSA) is 86.0 Å². The van der Waals surface area contributed by atoms with E-state index in [4.69, 9.17) is 14.5 Å². The number of pyridine rings is 1. The van der Waals surface area contributed by atoms with Crippen molar-refractivity contribution in [3.05, 3.63) is 87.3 Å². The van der Waals surface area contributed by atoms with Gasteiger partial charge in [0, 0.05) is 33.3 Å². The fraction of sp³-hybridized carbons (Fsp3) is 0.444. The van der Waals surface area contributed by atoms with Crippen LogP contribution in [0.1, 0.15) is 64.7 Å². The summed E-state index contributed by atoms with van der Waals surface area (Å²) in [6, 6.07) is 19.0. The molecule has 1 aliphatic rings. The predicted molar refractivity (Wildman–Crippen MR) is 202 cm³/mol. The van der Waals surface area contributed by atoms with Crippen molar-refractivity contribution in [1.29, 1.82) is 0 Å². The van der Waals surface area contributed by atoms with Gasteiger partial charge in [0.1, 0.15) is 18.1 Å². The zero-order chi connectivity index (χ0) is 33.8. The van der Waals surface area contributed by atoms with Crippen LogP contribution in [-0.4, -0.2) is 52.7 Å². The Balaban J connectivity index is 1.44. The maximum Gasteiger partial charge on any atom is 0.357 e. The smallest absolute Gasteiger partial charge is 0.357 e. The van der Waals surface area contributed by atoms with E-state index in [1.807, 2.05) is 67.8 Å². The highest BCUT2D eigenvalue weighted by Gasteiger charge is 2.26. The minimum absolute atomic E-state index is 0.275. The minimum atomic E-state index is -1.23. The van der Waals surface area contributed by atoms with Crippen LogP contribution in [0.2, 0.25) is 25.7 Å². The van der Waals surface area contributed by atoms with E-state index in [1.54, 1.807) is 0 Å². The number of thiazole rings is 1. The summed E-state index contributed by atoms with van der Waals surface area (Å²) in [6.45, 7) is 14.9. The SMILES string of the molecule is CC(C)(C)OC(=O)c1nc(N2CCc3cccc(C(=O)/N=c4\sc5ccccc5n4COCC[Si](C)(C)C)c3C2)ccc1CCCI. The van der Waals surface area contributed by atoms with Crippen LogP contribution in [0.5, 0.6) is 0 Å². The van der Waals surface area contributed by atoms with E-state index < -0.39 is 19.6 Å². The fourth-order valence-corrected chi connectivity index (χ4v) is 7.66. The lowest BCUT2D eigenvalue weighted by molar-refractivity contribution is 0.00614. The number of rotatable bonds is 11. The number of nitrogens with zero attached hydrogens (tertiary/aromatic N) is 4. The Labute approximate surface area is 296 Å². The average Bonchev–Trinajstić information content (AvgIpc) is 3.36. The molecule has 0 atom stereocenters. The van der Waals surface area contributed by atoms with Crippen LogP contribution in [0.3, 0.4) is 0 Å². The van der Waals surface area contributed by atoms with Crippen molar-refractivity contribution in [2.45, 2.75) is 84.6 Å². The largest absolute Gasteiger partial charge is 0.455 e. The van der Waals surface area contributed by atoms with Gasteiger partial charge < -0.3 is 14.4 Å². The number of para-hydroxylation sites is 1. The third-order valence-corrected chi connectivity index (χ3v) is 11.5. The quantitative estimate of drug-likeness (QED) is 0.0504. The Morgan fingerprint density at radius 1 is 1.06 bits per heavy atom. The molecule has 0 spiro atoms. The van der Waals surface area contributed by atoms with Gasteiger partial charge in [-0.25, -0.2) is 9.78 Å². The van der Waals surface area contributed by atoms with Gasteiger partial charge in [0.25, 0.3) is 5.91 Å². The number of carbonyl (C=O) groups is 2. The molecule has 0 bridgehead atoms. The van der Waals surface area contributed by atoms with Crippen molar-refractivity contribution in [2.75, 3.05) is 22.5 Å². The molecule has 0 aliphatic carbocycles. The summed E-state index contributed by atoms with van der Waals surface area (Å²) in [6.07, 6.45) is 2.47. The number of ether oxygens (including phenoxy) is 2. The van der Waals surface area contributed by atoms with Crippen LogP contribution in [0, 0.1) is 0 Å². The molecule has 11 heteroatoms. The van der Waals surface area contributed by atoms with Crippen molar-refractivity contribution in [3.63, 3.8) is 0 Å². The van der Waals surface area contributed by atoms with Crippen LogP contribution in [-0.2, 0) is 35.6 Å². The van der Waals surface area contributed by atoms with Crippen molar-refractivity contribution >= 4 is 69.9 Å². The lowest BCUT2D eigenvalue weighted by atomic mass is 9.94. The summed E-state index contributed by atoms with van der Waals surface area (Å²) in [5.41, 5.74) is 4.31. The first kappa shape index (κ1) is 35.4. The number of benzene rings is 2. The van der Waals surface area contributed by atoms with Crippen LogP contribution in [0.15, 0.2) is 59.6 Å². The van der Waals surface area contributed by atoms with Gasteiger partial charge in [0.2, 0.25) is 0 Å². The number of amides is 1. The van der Waals surface area contributed by atoms with E-state index in [1.165, 1.54) is 11.3 Å². The summed E-state index contributed by atoms with van der Waals surface area (Å²) in [5.74, 6) is 0.0189. The Morgan fingerprint density at radius 2 is 1.85 bits per heavy atom. The molecule has 8 nitrogen and oxygen atoms in total. The number of hydrogen-bond acceptors (Lipinski definition) is 7. The summed E-state index contributed by atoms with van der Waals surface area (Å²) >= 11 is 3.85. The second-order valence-electron chi connectivity index (χ2n) is 14.1. The minimum Gasteiger partial charge on any atom is -0.455 e. The molecule has 2 aromatic carbocycles. The van der Waals surface area contributed by atoms with Crippen LogP contribution in [0.4, 0.5) is 5.82 Å². The number of aromatic nitrogens is 2. The highest BCUT2D eigenvalue weighted by atomic mass is 127. The molecule has 3 heterocycles. The first-order valence-corrected chi connectivity index (χ1v) is 22.3. The van der Waals surface area contributed by atoms with E-state index >= 15 is 0 Å². The zero-order valence-corrected chi connectivity index (χ0v) is 32.2. The molecule has 1 aliphatic heterocycles. The van der Waals surface area contributed by atoms with Crippen LogP contribution < -0.4 is 9.70 Å². The van der Waals surface area contributed by atoms with Gasteiger partial charge in [0.05, 0.1) is 10.2 Å². The first-order chi connectivity index (χ1) is 22.3. The number of fused-ring (bicyclic) bond motifs is 2. The van der Waals surface area contributed by atoms with Gasteiger partial charge in [-0.2, -0.15) is 4.99 Å². The lowest BCUT2D eigenvalue weighted by Gasteiger charge is -2.31. The molecule has 0 saturated heterocycles. The number of hydrogen-bond donors (Lipinski definition) is 0. The Kier molecular flexibility index (Phi) is 11.4. The van der Waals surface area contributed by atoms with E-state index in [0.717, 1.165) is 63.2 Å².